The van der Waals surface area contributed by atoms with Crippen LogP contribution in [-0.4, -0.2) is 11.6 Å². The lowest BCUT2D eigenvalue weighted by molar-refractivity contribution is 0.00753. The van der Waals surface area contributed by atoms with E-state index in [-0.39, 0.29) is 5.97 Å². The van der Waals surface area contributed by atoms with E-state index < -0.39 is 5.60 Å². The molecule has 2 heterocycles. The summed E-state index contributed by atoms with van der Waals surface area (Å²) in [5.41, 5.74) is 6.05. The normalized spacial score (nSPS) is 11.9. The number of nitrogens with two attached hydrogens (primary N) is 1. The molecule has 0 spiro atoms. The fourth-order valence-corrected chi connectivity index (χ4v) is 3.33. The lowest BCUT2D eigenvalue weighted by atomic mass is 10.2. The number of rotatable bonds is 1. The fourth-order valence-electron chi connectivity index (χ4n) is 1.27. The topological polar surface area (TPSA) is 52.3 Å². The summed E-state index contributed by atoms with van der Waals surface area (Å²) >= 11 is 2.99. The summed E-state index contributed by atoms with van der Waals surface area (Å²) in [6.45, 7) is 5.57. The Morgan fingerprint density at radius 3 is 2.69 bits per heavy atom. The van der Waals surface area contributed by atoms with Crippen LogP contribution in [0.4, 0.5) is 5.69 Å². The highest BCUT2D eigenvalue weighted by molar-refractivity contribution is 7.38. The number of esters is 1. The number of hydrogen-bond acceptors (Lipinski definition) is 5. The van der Waals surface area contributed by atoms with Gasteiger partial charge in [0.25, 0.3) is 0 Å². The van der Waals surface area contributed by atoms with Crippen LogP contribution in [0, 0.1) is 0 Å². The van der Waals surface area contributed by atoms with Gasteiger partial charge in [0.1, 0.15) is 10.5 Å². The van der Waals surface area contributed by atoms with Crippen molar-refractivity contribution in [2.24, 2.45) is 0 Å². The van der Waals surface area contributed by atoms with Gasteiger partial charge in [-0.05, 0) is 26.8 Å². The van der Waals surface area contributed by atoms with E-state index in [1.54, 1.807) is 17.4 Å². The molecule has 0 aromatic carbocycles. The van der Waals surface area contributed by atoms with Crippen molar-refractivity contribution in [1.29, 1.82) is 0 Å². The Morgan fingerprint density at radius 1 is 1.44 bits per heavy atom. The van der Waals surface area contributed by atoms with Crippen molar-refractivity contribution in [3.63, 3.8) is 0 Å². The van der Waals surface area contributed by atoms with Gasteiger partial charge >= 0.3 is 5.97 Å². The maximum atomic E-state index is 11.8. The number of thiophene rings is 2. The number of anilines is 1. The van der Waals surface area contributed by atoms with Gasteiger partial charge in [-0.25, -0.2) is 4.79 Å². The number of nitrogen functional groups attached to an aromatic ring is 1. The summed E-state index contributed by atoms with van der Waals surface area (Å²) in [5, 5.41) is 2.84. The molecule has 0 bridgehead atoms. The Bertz CT molecular complexity index is 534. The van der Waals surface area contributed by atoms with Gasteiger partial charge in [0.15, 0.2) is 0 Å². The van der Waals surface area contributed by atoms with Crippen LogP contribution in [0.25, 0.3) is 9.40 Å². The second-order valence-corrected chi connectivity index (χ2v) is 6.69. The number of carbonyl (C=O) groups excluding carboxylic acids is 1. The molecule has 0 unspecified atom stereocenters. The summed E-state index contributed by atoms with van der Waals surface area (Å²) < 4.78 is 6.37. The Labute approximate surface area is 102 Å². The van der Waals surface area contributed by atoms with Crippen LogP contribution in [0.5, 0.6) is 0 Å². The van der Waals surface area contributed by atoms with Gasteiger partial charge in [0.05, 0.1) is 9.70 Å². The summed E-state index contributed by atoms with van der Waals surface area (Å²) in [6, 6.07) is 1.81. The van der Waals surface area contributed by atoms with E-state index >= 15 is 0 Å². The maximum Gasteiger partial charge on any atom is 0.348 e. The standard InChI is InChI=1S/C11H13NO2S2/c1-11(2,3)14-9(13)8-4-6-7(12)5-15-10(6)16-8/h4-5H,12H2,1-3H3. The number of carbonyl (C=O) groups is 1. The van der Waals surface area contributed by atoms with Crippen molar-refractivity contribution < 1.29 is 9.53 Å². The van der Waals surface area contributed by atoms with E-state index in [9.17, 15) is 4.79 Å². The first-order chi connectivity index (χ1) is 7.37. The van der Waals surface area contributed by atoms with Crippen LogP contribution in [0.2, 0.25) is 0 Å². The SMILES string of the molecule is CC(C)(C)OC(=O)c1cc2c(N)csc2s1. The highest BCUT2D eigenvalue weighted by atomic mass is 32.2. The first kappa shape index (κ1) is 11.4. The predicted molar refractivity (Wildman–Crippen MR) is 69.3 cm³/mol. The number of hydrogen-bond donors (Lipinski definition) is 1. The lowest BCUT2D eigenvalue weighted by Gasteiger charge is -2.18. The van der Waals surface area contributed by atoms with Crippen LogP contribution >= 0.6 is 22.7 Å². The zero-order valence-electron chi connectivity index (χ0n) is 9.37. The molecule has 0 atom stereocenters. The Hall–Kier alpha value is -1.07. The molecule has 2 aromatic rings. The highest BCUT2D eigenvalue weighted by Crippen LogP contribution is 2.36. The van der Waals surface area contributed by atoms with Crippen molar-refractivity contribution in [3.05, 3.63) is 16.3 Å². The van der Waals surface area contributed by atoms with Crippen LogP contribution in [-0.2, 0) is 4.74 Å². The third-order valence-electron chi connectivity index (χ3n) is 1.90. The molecular weight excluding hydrogens is 242 g/mol. The Kier molecular flexibility index (Phi) is 2.67. The van der Waals surface area contributed by atoms with Crippen molar-refractivity contribution in [2.75, 3.05) is 5.73 Å². The summed E-state index contributed by atoms with van der Waals surface area (Å²) in [7, 11) is 0. The average Bonchev–Trinajstić information content (AvgIpc) is 2.65. The highest BCUT2D eigenvalue weighted by Gasteiger charge is 2.20. The van der Waals surface area contributed by atoms with Gasteiger partial charge in [0.2, 0.25) is 0 Å². The molecule has 2 N–H and O–H groups in total. The van der Waals surface area contributed by atoms with Gasteiger partial charge in [0, 0.05) is 10.8 Å². The molecule has 0 amide bonds. The van der Waals surface area contributed by atoms with Crippen LogP contribution in [0.3, 0.4) is 0 Å². The number of fused-ring (bicyclic) bond motifs is 1. The van der Waals surface area contributed by atoms with Gasteiger partial charge in [-0.15, -0.1) is 22.7 Å². The molecule has 0 radical (unpaired) electrons. The molecule has 0 aliphatic heterocycles. The second kappa shape index (κ2) is 3.75. The predicted octanol–water partition coefficient (Wildman–Crippen LogP) is 3.50. The Balaban J connectivity index is 2.30. The van der Waals surface area contributed by atoms with E-state index in [4.69, 9.17) is 10.5 Å². The monoisotopic (exact) mass is 255 g/mol. The first-order valence-electron chi connectivity index (χ1n) is 4.87. The quantitative estimate of drug-likeness (QED) is 0.793. The molecule has 16 heavy (non-hydrogen) atoms. The van der Waals surface area contributed by atoms with Crippen LogP contribution < -0.4 is 5.73 Å². The molecular formula is C11H13NO2S2. The third kappa shape index (κ3) is 2.20. The molecule has 2 aromatic heterocycles. The van der Waals surface area contributed by atoms with Crippen LogP contribution in [0.1, 0.15) is 30.4 Å². The summed E-state index contributed by atoms with van der Waals surface area (Å²) in [4.78, 5) is 12.4. The van der Waals surface area contributed by atoms with Gasteiger partial charge in [-0.1, -0.05) is 0 Å². The van der Waals surface area contributed by atoms with Crippen molar-refractivity contribution >= 4 is 43.7 Å². The molecule has 0 saturated carbocycles. The van der Waals surface area contributed by atoms with E-state index in [1.807, 2.05) is 26.2 Å². The molecule has 86 valence electrons. The minimum Gasteiger partial charge on any atom is -0.456 e. The number of ether oxygens (including phenoxy) is 1. The van der Waals surface area contributed by atoms with Crippen LogP contribution in [0.15, 0.2) is 11.4 Å². The Morgan fingerprint density at radius 2 is 2.12 bits per heavy atom. The van der Waals surface area contributed by atoms with Crippen molar-refractivity contribution in [3.8, 4) is 0 Å². The molecule has 3 nitrogen and oxygen atoms in total. The van der Waals surface area contributed by atoms with E-state index in [0.29, 0.717) is 4.88 Å². The van der Waals surface area contributed by atoms with E-state index in [0.717, 1.165) is 15.1 Å². The molecule has 5 heteroatoms. The van der Waals surface area contributed by atoms with E-state index in [1.165, 1.54) is 11.3 Å². The first-order valence-corrected chi connectivity index (χ1v) is 6.56. The molecule has 0 saturated heterocycles. The maximum absolute atomic E-state index is 11.8. The molecule has 0 aliphatic carbocycles. The second-order valence-electron chi connectivity index (χ2n) is 4.50. The molecule has 0 fully saturated rings. The van der Waals surface area contributed by atoms with Gasteiger partial charge in [-0.3, -0.25) is 0 Å². The molecule has 0 aliphatic rings. The largest absolute Gasteiger partial charge is 0.456 e. The zero-order valence-corrected chi connectivity index (χ0v) is 11.0. The molecule has 2 rings (SSSR count). The van der Waals surface area contributed by atoms with Gasteiger partial charge in [-0.2, -0.15) is 0 Å². The lowest BCUT2D eigenvalue weighted by Crippen LogP contribution is -2.23. The van der Waals surface area contributed by atoms with Crippen molar-refractivity contribution in [1.82, 2.24) is 0 Å². The van der Waals surface area contributed by atoms with Crippen molar-refractivity contribution in [2.45, 2.75) is 26.4 Å². The summed E-state index contributed by atoms with van der Waals surface area (Å²) in [6.07, 6.45) is 0. The zero-order chi connectivity index (χ0) is 11.9. The minimum atomic E-state index is -0.458. The smallest absolute Gasteiger partial charge is 0.348 e. The third-order valence-corrected chi connectivity index (χ3v) is 4.16. The minimum absolute atomic E-state index is 0.277. The average molecular weight is 255 g/mol. The fraction of sp³-hybridized carbons (Fsp3) is 0.364. The summed E-state index contributed by atoms with van der Waals surface area (Å²) in [5.74, 6) is -0.277. The van der Waals surface area contributed by atoms with Gasteiger partial charge < -0.3 is 10.5 Å². The van der Waals surface area contributed by atoms with E-state index in [2.05, 4.69) is 0 Å².